The van der Waals surface area contributed by atoms with Crippen LogP contribution >= 0.6 is 15.9 Å². The standard InChI is InChI=1S/C16H30BrF2NO/c1-2-3-4-5-6-7-8-9-10-11-16(21)20(13-12-17)14-15(18)19/h15H,2-14H2,1H3. The molecule has 5 heteroatoms. The van der Waals surface area contributed by atoms with Crippen molar-refractivity contribution in [2.75, 3.05) is 18.4 Å². The summed E-state index contributed by atoms with van der Waals surface area (Å²) in [4.78, 5) is 13.1. The Morgan fingerprint density at radius 3 is 2.00 bits per heavy atom. The Bertz CT molecular complexity index is 252. The Kier molecular flexibility index (Phi) is 14.6. The van der Waals surface area contributed by atoms with E-state index in [1.54, 1.807) is 0 Å². The van der Waals surface area contributed by atoms with Gasteiger partial charge in [0.05, 0.1) is 6.54 Å². The molecule has 0 aliphatic heterocycles. The fourth-order valence-electron chi connectivity index (χ4n) is 2.33. The molecule has 0 spiro atoms. The van der Waals surface area contributed by atoms with Crippen molar-refractivity contribution in [2.24, 2.45) is 0 Å². The number of unbranched alkanes of at least 4 members (excludes halogenated alkanes) is 8. The van der Waals surface area contributed by atoms with E-state index in [9.17, 15) is 13.6 Å². The van der Waals surface area contributed by atoms with Crippen molar-refractivity contribution in [3.8, 4) is 0 Å². The first-order valence-electron chi connectivity index (χ1n) is 8.23. The molecule has 0 aromatic carbocycles. The molecule has 21 heavy (non-hydrogen) atoms. The lowest BCUT2D eigenvalue weighted by Crippen LogP contribution is -2.36. The summed E-state index contributed by atoms with van der Waals surface area (Å²) in [7, 11) is 0. The Labute approximate surface area is 136 Å². The van der Waals surface area contributed by atoms with Crippen LogP contribution in [-0.4, -0.2) is 35.7 Å². The first-order chi connectivity index (χ1) is 10.1. The molecule has 0 heterocycles. The van der Waals surface area contributed by atoms with Gasteiger partial charge in [-0.25, -0.2) is 8.78 Å². The highest BCUT2D eigenvalue weighted by Crippen LogP contribution is 2.11. The summed E-state index contributed by atoms with van der Waals surface area (Å²) in [6.45, 7) is 2.13. The molecule has 0 saturated carbocycles. The molecule has 0 rings (SSSR count). The minimum Gasteiger partial charge on any atom is -0.336 e. The van der Waals surface area contributed by atoms with Gasteiger partial charge in [-0.1, -0.05) is 74.2 Å². The molecule has 0 aromatic rings. The van der Waals surface area contributed by atoms with E-state index in [0.717, 1.165) is 19.3 Å². The summed E-state index contributed by atoms with van der Waals surface area (Å²) < 4.78 is 24.8. The van der Waals surface area contributed by atoms with Crippen LogP contribution in [0.3, 0.4) is 0 Å². The average Bonchev–Trinajstić information content (AvgIpc) is 2.44. The lowest BCUT2D eigenvalue weighted by Gasteiger charge is -2.21. The van der Waals surface area contributed by atoms with Crippen LogP contribution in [0.5, 0.6) is 0 Å². The Hall–Kier alpha value is -0.190. The number of hydrogen-bond acceptors (Lipinski definition) is 1. The third kappa shape index (κ3) is 13.2. The molecular weight excluding hydrogens is 340 g/mol. The van der Waals surface area contributed by atoms with E-state index in [-0.39, 0.29) is 5.91 Å². The second-order valence-electron chi connectivity index (χ2n) is 5.50. The van der Waals surface area contributed by atoms with Crippen molar-refractivity contribution in [2.45, 2.75) is 77.6 Å². The Morgan fingerprint density at radius 2 is 1.52 bits per heavy atom. The van der Waals surface area contributed by atoms with Gasteiger partial charge in [-0.2, -0.15) is 0 Å². The van der Waals surface area contributed by atoms with Crippen molar-refractivity contribution < 1.29 is 13.6 Å². The van der Waals surface area contributed by atoms with Gasteiger partial charge in [-0.15, -0.1) is 0 Å². The van der Waals surface area contributed by atoms with Crippen molar-refractivity contribution in [3.63, 3.8) is 0 Å². The summed E-state index contributed by atoms with van der Waals surface area (Å²) in [5, 5.41) is 0.545. The zero-order valence-corrected chi connectivity index (χ0v) is 14.8. The molecule has 0 aromatic heterocycles. The molecule has 2 nitrogen and oxygen atoms in total. The molecule has 0 unspecified atom stereocenters. The molecule has 0 fully saturated rings. The molecule has 1 amide bonds. The highest BCUT2D eigenvalue weighted by molar-refractivity contribution is 9.09. The minimum absolute atomic E-state index is 0.141. The van der Waals surface area contributed by atoms with E-state index in [1.165, 1.54) is 43.4 Å². The Balaban J connectivity index is 3.58. The zero-order valence-electron chi connectivity index (χ0n) is 13.3. The summed E-state index contributed by atoms with van der Waals surface area (Å²) in [5.74, 6) is -0.141. The van der Waals surface area contributed by atoms with Crippen LogP contribution in [0.4, 0.5) is 8.78 Å². The van der Waals surface area contributed by atoms with Crippen LogP contribution in [0.1, 0.15) is 71.1 Å². The van der Waals surface area contributed by atoms with Gasteiger partial charge in [0, 0.05) is 18.3 Å². The smallest absolute Gasteiger partial charge is 0.255 e. The predicted molar refractivity (Wildman–Crippen MR) is 88.2 cm³/mol. The third-order valence-electron chi connectivity index (χ3n) is 3.56. The number of amides is 1. The minimum atomic E-state index is -2.45. The van der Waals surface area contributed by atoms with Gasteiger partial charge in [0.1, 0.15) is 0 Å². The maximum absolute atomic E-state index is 12.4. The quantitative estimate of drug-likeness (QED) is 0.296. The average molecular weight is 370 g/mol. The molecule has 0 bridgehead atoms. The number of carbonyl (C=O) groups excluding carboxylic acids is 1. The summed E-state index contributed by atoms with van der Waals surface area (Å²) in [6.07, 6.45) is 8.65. The largest absolute Gasteiger partial charge is 0.336 e. The van der Waals surface area contributed by atoms with Gasteiger partial charge in [0.25, 0.3) is 6.43 Å². The topological polar surface area (TPSA) is 20.3 Å². The fraction of sp³-hybridized carbons (Fsp3) is 0.938. The second-order valence-corrected chi connectivity index (χ2v) is 6.29. The number of hydrogen-bond donors (Lipinski definition) is 0. The van der Waals surface area contributed by atoms with Crippen LogP contribution in [0, 0.1) is 0 Å². The zero-order chi connectivity index (χ0) is 15.9. The fourth-order valence-corrected chi connectivity index (χ4v) is 2.76. The summed E-state index contributed by atoms with van der Waals surface area (Å²) in [5.41, 5.74) is 0. The van der Waals surface area contributed by atoms with E-state index in [1.807, 2.05) is 0 Å². The van der Waals surface area contributed by atoms with Gasteiger partial charge in [0.2, 0.25) is 5.91 Å². The van der Waals surface area contributed by atoms with E-state index in [4.69, 9.17) is 0 Å². The molecule has 0 N–H and O–H groups in total. The number of nitrogens with zero attached hydrogens (tertiary/aromatic N) is 1. The molecule has 0 aliphatic rings. The second kappa shape index (κ2) is 14.7. The van der Waals surface area contributed by atoms with E-state index in [0.29, 0.717) is 18.3 Å². The maximum Gasteiger partial charge on any atom is 0.255 e. The van der Waals surface area contributed by atoms with Crippen LogP contribution in [0.2, 0.25) is 0 Å². The van der Waals surface area contributed by atoms with Gasteiger partial charge in [-0.3, -0.25) is 4.79 Å². The van der Waals surface area contributed by atoms with Gasteiger partial charge >= 0.3 is 0 Å². The number of alkyl halides is 3. The predicted octanol–water partition coefficient (Wildman–Crippen LogP) is 5.40. The van der Waals surface area contributed by atoms with E-state index >= 15 is 0 Å². The summed E-state index contributed by atoms with van der Waals surface area (Å²) >= 11 is 3.20. The van der Waals surface area contributed by atoms with Crippen molar-refractivity contribution in [3.05, 3.63) is 0 Å². The normalized spacial score (nSPS) is 11.1. The molecule has 126 valence electrons. The number of rotatable bonds is 14. The van der Waals surface area contributed by atoms with Crippen molar-refractivity contribution in [1.82, 2.24) is 4.90 Å². The third-order valence-corrected chi connectivity index (χ3v) is 3.91. The van der Waals surface area contributed by atoms with Crippen LogP contribution in [0.25, 0.3) is 0 Å². The monoisotopic (exact) mass is 369 g/mol. The first-order valence-corrected chi connectivity index (χ1v) is 9.35. The Morgan fingerprint density at radius 1 is 1.00 bits per heavy atom. The van der Waals surface area contributed by atoms with Gasteiger partial charge in [-0.05, 0) is 6.42 Å². The number of halogens is 3. The van der Waals surface area contributed by atoms with Crippen LogP contribution < -0.4 is 0 Å². The molecule has 0 radical (unpaired) electrons. The lowest BCUT2D eigenvalue weighted by atomic mass is 10.1. The highest BCUT2D eigenvalue weighted by atomic mass is 79.9. The lowest BCUT2D eigenvalue weighted by molar-refractivity contribution is -0.132. The van der Waals surface area contributed by atoms with Crippen molar-refractivity contribution >= 4 is 21.8 Å². The molecule has 0 saturated heterocycles. The van der Waals surface area contributed by atoms with Crippen molar-refractivity contribution in [1.29, 1.82) is 0 Å². The first kappa shape index (κ1) is 20.8. The van der Waals surface area contributed by atoms with Crippen LogP contribution in [0.15, 0.2) is 0 Å². The SMILES string of the molecule is CCCCCCCCCCCC(=O)N(CCBr)CC(F)F. The molecular formula is C16H30BrF2NO. The maximum atomic E-state index is 12.4. The van der Waals surface area contributed by atoms with E-state index < -0.39 is 13.0 Å². The van der Waals surface area contributed by atoms with E-state index in [2.05, 4.69) is 22.9 Å². The molecule has 0 atom stereocenters. The van der Waals surface area contributed by atoms with Gasteiger partial charge in [0.15, 0.2) is 0 Å². The number of carbonyl (C=O) groups is 1. The molecule has 0 aliphatic carbocycles. The van der Waals surface area contributed by atoms with Crippen LogP contribution in [-0.2, 0) is 4.79 Å². The van der Waals surface area contributed by atoms with Gasteiger partial charge < -0.3 is 4.90 Å². The summed E-state index contributed by atoms with van der Waals surface area (Å²) in [6, 6.07) is 0. The highest BCUT2D eigenvalue weighted by Gasteiger charge is 2.16.